The van der Waals surface area contributed by atoms with Gasteiger partial charge in [0.15, 0.2) is 0 Å². The minimum atomic E-state index is -1.00. The first-order chi connectivity index (χ1) is 18.9. The molecular weight excluding hydrogens is 586 g/mol. The van der Waals surface area contributed by atoms with Gasteiger partial charge >= 0.3 is 0 Å². The van der Waals surface area contributed by atoms with Gasteiger partial charge in [0.2, 0.25) is 5.88 Å². The first-order valence-corrected chi connectivity index (χ1v) is 13.1. The van der Waals surface area contributed by atoms with Crippen LogP contribution in [0.4, 0.5) is 5.69 Å². The van der Waals surface area contributed by atoms with Crippen molar-refractivity contribution in [2.45, 2.75) is 12.0 Å². The number of nitrogens with zero attached hydrogens (tertiary/aromatic N) is 3. The van der Waals surface area contributed by atoms with E-state index in [2.05, 4.69) is 36.5 Å². The van der Waals surface area contributed by atoms with Gasteiger partial charge in [-0.05, 0) is 64.5 Å². The van der Waals surface area contributed by atoms with E-state index in [1.165, 1.54) is 6.20 Å². The molecule has 0 saturated heterocycles. The molecule has 2 aliphatic rings. The lowest BCUT2D eigenvalue weighted by atomic mass is 9.78. The third-order valence-electron chi connectivity index (χ3n) is 6.36. The molecule has 0 fully saturated rings. The first-order valence-electron chi connectivity index (χ1n) is 11.9. The largest absolute Gasteiger partial charge is 0.465 e. The fourth-order valence-corrected chi connectivity index (χ4v) is 4.99. The van der Waals surface area contributed by atoms with Gasteiger partial charge in [0.1, 0.15) is 17.0 Å². The van der Waals surface area contributed by atoms with Crippen LogP contribution in [0.2, 0.25) is 5.02 Å². The number of benzene rings is 2. The van der Waals surface area contributed by atoms with Crippen LogP contribution in [0, 0.1) is 0 Å². The van der Waals surface area contributed by atoms with Gasteiger partial charge in [0.25, 0.3) is 17.8 Å². The summed E-state index contributed by atoms with van der Waals surface area (Å²) in [5.74, 6) is 0.183. The van der Waals surface area contributed by atoms with Crippen molar-refractivity contribution in [1.82, 2.24) is 15.3 Å². The normalized spacial score (nSPS) is 17.1. The molecule has 4 aromatic rings. The van der Waals surface area contributed by atoms with Crippen LogP contribution in [0.3, 0.4) is 0 Å². The quantitative estimate of drug-likeness (QED) is 0.310. The Morgan fingerprint density at radius 1 is 0.923 bits per heavy atom. The van der Waals surface area contributed by atoms with Gasteiger partial charge in [0.05, 0.1) is 11.6 Å². The van der Waals surface area contributed by atoms with Gasteiger partial charge in [-0.25, -0.2) is 15.0 Å². The predicted molar refractivity (Wildman–Crippen MR) is 148 cm³/mol. The molecule has 1 spiro atoms. The molecule has 39 heavy (non-hydrogen) atoms. The number of anilines is 1. The van der Waals surface area contributed by atoms with E-state index in [0.717, 1.165) is 4.47 Å². The highest BCUT2D eigenvalue weighted by Gasteiger charge is 2.46. The van der Waals surface area contributed by atoms with Crippen molar-refractivity contribution >= 4 is 51.1 Å². The predicted octanol–water partition coefficient (Wildman–Crippen LogP) is 5.70. The number of ether oxygens (including phenoxy) is 2. The maximum atomic E-state index is 12.9. The number of halogens is 2. The van der Waals surface area contributed by atoms with Crippen LogP contribution >= 0.6 is 27.5 Å². The number of amides is 2. The van der Waals surface area contributed by atoms with Crippen LogP contribution in [0.25, 0.3) is 0 Å². The molecule has 194 valence electrons. The Morgan fingerprint density at radius 3 is 2.56 bits per heavy atom. The van der Waals surface area contributed by atoms with Crippen LogP contribution in [0.15, 0.2) is 88.6 Å². The van der Waals surface area contributed by atoms with Crippen molar-refractivity contribution in [3.63, 3.8) is 0 Å². The van der Waals surface area contributed by atoms with E-state index in [0.29, 0.717) is 45.5 Å². The van der Waals surface area contributed by atoms with E-state index in [9.17, 15) is 9.59 Å². The molecule has 0 radical (unpaired) electrons. The second-order valence-electron chi connectivity index (χ2n) is 8.83. The summed E-state index contributed by atoms with van der Waals surface area (Å²) in [4.78, 5) is 39.2. The summed E-state index contributed by atoms with van der Waals surface area (Å²) in [7, 11) is 0. The van der Waals surface area contributed by atoms with Crippen molar-refractivity contribution in [2.75, 3.05) is 11.9 Å². The third kappa shape index (κ3) is 4.84. The SMILES string of the molecule is O=C(NC1=N[C@@]2(CCO1)c1cc(NC(=O)c3ccc(Cl)cn3)ccc1Oc1ncc(Br)cc12)c1ccccc1. The average molecular weight is 605 g/mol. The fourth-order valence-electron chi connectivity index (χ4n) is 4.55. The highest BCUT2D eigenvalue weighted by Crippen LogP contribution is 2.52. The van der Waals surface area contributed by atoms with Crippen molar-refractivity contribution < 1.29 is 19.1 Å². The van der Waals surface area contributed by atoms with Gasteiger partial charge in [-0.1, -0.05) is 29.8 Å². The first kappa shape index (κ1) is 25.0. The molecule has 0 unspecified atom stereocenters. The number of fused-ring (bicyclic) bond motifs is 4. The molecule has 0 aliphatic carbocycles. The standard InChI is InChI=1S/C28H19BrClN5O4/c29-17-12-21-26(32-14-17)39-23-9-7-19(33-25(37)22-8-6-18(30)15-31-22)13-20(23)28(21)10-11-38-27(35-28)34-24(36)16-4-2-1-3-5-16/h1-9,12-15H,10-11H2,(H,33,37)(H,34,35,36)/t28-/m0/s1. The Kier molecular flexibility index (Phi) is 6.49. The summed E-state index contributed by atoms with van der Waals surface area (Å²) in [6, 6.07) is 19.2. The summed E-state index contributed by atoms with van der Waals surface area (Å²) in [5.41, 5.74) is 1.59. The van der Waals surface area contributed by atoms with E-state index in [1.807, 2.05) is 12.1 Å². The monoisotopic (exact) mass is 603 g/mol. The average Bonchev–Trinajstić information content (AvgIpc) is 2.95. The lowest BCUT2D eigenvalue weighted by Crippen LogP contribution is -2.42. The maximum Gasteiger partial charge on any atom is 0.292 e. The van der Waals surface area contributed by atoms with Gasteiger partial charge in [-0.3, -0.25) is 14.9 Å². The van der Waals surface area contributed by atoms with Crippen LogP contribution in [-0.2, 0) is 10.3 Å². The Morgan fingerprint density at radius 2 is 1.77 bits per heavy atom. The van der Waals surface area contributed by atoms with Crippen LogP contribution in [-0.4, -0.2) is 34.4 Å². The molecule has 2 aromatic carbocycles. The Balaban J connectivity index is 1.41. The topological polar surface area (TPSA) is 115 Å². The second kappa shape index (κ2) is 10.1. The number of nitrogens with one attached hydrogen (secondary N) is 2. The number of aromatic nitrogens is 2. The molecule has 2 aliphatic heterocycles. The Hall–Kier alpha value is -4.28. The van der Waals surface area contributed by atoms with Gasteiger partial charge in [-0.2, -0.15) is 0 Å². The van der Waals surface area contributed by atoms with E-state index in [1.54, 1.807) is 60.8 Å². The van der Waals surface area contributed by atoms with Crippen LogP contribution < -0.4 is 15.4 Å². The smallest absolute Gasteiger partial charge is 0.292 e. The van der Waals surface area contributed by atoms with E-state index in [4.69, 9.17) is 26.1 Å². The van der Waals surface area contributed by atoms with Crippen molar-refractivity contribution in [3.8, 4) is 11.6 Å². The number of pyridine rings is 2. The van der Waals surface area contributed by atoms with Gasteiger partial charge in [0, 0.05) is 45.7 Å². The Bertz CT molecular complexity index is 1630. The Labute approximate surface area is 236 Å². The molecule has 11 heteroatoms. The molecule has 6 rings (SSSR count). The number of hydrogen-bond acceptors (Lipinski definition) is 7. The highest BCUT2D eigenvalue weighted by molar-refractivity contribution is 9.10. The van der Waals surface area contributed by atoms with Gasteiger partial charge < -0.3 is 14.8 Å². The molecular formula is C28H19BrClN5O4. The van der Waals surface area contributed by atoms with E-state index in [-0.39, 0.29) is 24.2 Å². The lowest BCUT2D eigenvalue weighted by Gasteiger charge is -2.39. The number of hydrogen-bond donors (Lipinski definition) is 2. The second-order valence-corrected chi connectivity index (χ2v) is 10.2. The zero-order valence-corrected chi connectivity index (χ0v) is 22.5. The number of carbonyl (C=O) groups excluding carboxylic acids is 2. The molecule has 9 nitrogen and oxygen atoms in total. The number of amidine groups is 1. The molecule has 4 heterocycles. The molecule has 2 N–H and O–H groups in total. The molecule has 2 amide bonds. The number of carbonyl (C=O) groups is 2. The zero-order valence-electron chi connectivity index (χ0n) is 20.2. The van der Waals surface area contributed by atoms with E-state index >= 15 is 0 Å². The third-order valence-corrected chi connectivity index (χ3v) is 7.02. The summed E-state index contributed by atoms with van der Waals surface area (Å²) in [6.45, 7) is 0.268. The van der Waals surface area contributed by atoms with Crippen molar-refractivity contribution in [3.05, 3.63) is 111 Å². The molecule has 1 atom stereocenters. The van der Waals surface area contributed by atoms with Crippen LogP contribution in [0.1, 0.15) is 38.4 Å². The zero-order chi connectivity index (χ0) is 27.0. The van der Waals surface area contributed by atoms with Crippen molar-refractivity contribution in [2.24, 2.45) is 4.99 Å². The van der Waals surface area contributed by atoms with E-state index < -0.39 is 11.4 Å². The van der Waals surface area contributed by atoms with Crippen LogP contribution in [0.5, 0.6) is 11.6 Å². The number of rotatable bonds is 3. The number of aliphatic imine (C=N–C) groups is 1. The molecule has 2 aromatic heterocycles. The van der Waals surface area contributed by atoms with Crippen molar-refractivity contribution in [1.29, 1.82) is 0 Å². The van der Waals surface area contributed by atoms with Gasteiger partial charge in [-0.15, -0.1) is 0 Å². The fraction of sp³-hybridized carbons (Fsp3) is 0.107. The summed E-state index contributed by atoms with van der Waals surface area (Å²) in [6.07, 6.45) is 3.50. The maximum absolute atomic E-state index is 12.9. The minimum absolute atomic E-state index is 0.0775. The lowest BCUT2D eigenvalue weighted by molar-refractivity contribution is 0.0957. The molecule has 0 bridgehead atoms. The summed E-state index contributed by atoms with van der Waals surface area (Å²) < 4.78 is 12.6. The minimum Gasteiger partial charge on any atom is -0.465 e. The molecule has 0 saturated carbocycles. The summed E-state index contributed by atoms with van der Waals surface area (Å²) >= 11 is 9.41. The summed E-state index contributed by atoms with van der Waals surface area (Å²) in [5, 5.41) is 6.09. The highest BCUT2D eigenvalue weighted by atomic mass is 79.9.